The monoisotopic (exact) mass is 233 g/mol. The number of hydrogen-bond acceptors (Lipinski definition) is 3. The fourth-order valence-corrected chi connectivity index (χ4v) is 2.07. The molecule has 0 bridgehead atoms. The van der Waals surface area contributed by atoms with Gasteiger partial charge in [-0.25, -0.2) is 0 Å². The van der Waals surface area contributed by atoms with Crippen molar-refractivity contribution in [3.8, 4) is 0 Å². The molecule has 4 nitrogen and oxygen atoms in total. The molecule has 1 amide bonds. The van der Waals surface area contributed by atoms with E-state index in [1.807, 2.05) is 24.3 Å². The Balaban J connectivity index is 1.98. The van der Waals surface area contributed by atoms with Gasteiger partial charge in [-0.2, -0.15) is 0 Å². The highest BCUT2D eigenvalue weighted by Crippen LogP contribution is 2.07. The minimum Gasteiger partial charge on any atom is -0.349 e. The Morgan fingerprint density at radius 3 is 2.88 bits per heavy atom. The second-order valence-electron chi connectivity index (χ2n) is 4.40. The summed E-state index contributed by atoms with van der Waals surface area (Å²) in [6, 6.07) is 7.79. The molecule has 0 unspecified atom stereocenters. The Kier molecular flexibility index (Phi) is 4.12. The van der Waals surface area contributed by atoms with Gasteiger partial charge in [0, 0.05) is 18.2 Å². The zero-order valence-electron chi connectivity index (χ0n) is 9.91. The molecule has 1 aromatic rings. The lowest BCUT2D eigenvalue weighted by Gasteiger charge is -2.23. The van der Waals surface area contributed by atoms with E-state index in [2.05, 4.69) is 10.6 Å². The Bertz CT molecular complexity index is 386. The van der Waals surface area contributed by atoms with E-state index < -0.39 is 0 Å². The molecule has 4 N–H and O–H groups in total. The first-order valence-electron chi connectivity index (χ1n) is 6.10. The third-order valence-electron chi connectivity index (χ3n) is 3.10. The van der Waals surface area contributed by atoms with Crippen molar-refractivity contribution in [2.24, 2.45) is 5.73 Å². The molecule has 1 fully saturated rings. The van der Waals surface area contributed by atoms with E-state index in [0.29, 0.717) is 18.2 Å². The summed E-state index contributed by atoms with van der Waals surface area (Å²) in [5.74, 6) is 0.00667. The maximum Gasteiger partial charge on any atom is 0.251 e. The van der Waals surface area contributed by atoms with E-state index in [1.54, 1.807) is 0 Å². The van der Waals surface area contributed by atoms with Crippen molar-refractivity contribution in [1.29, 1.82) is 0 Å². The average molecular weight is 233 g/mol. The van der Waals surface area contributed by atoms with E-state index in [4.69, 9.17) is 5.73 Å². The van der Waals surface area contributed by atoms with Crippen LogP contribution in [0, 0.1) is 0 Å². The van der Waals surface area contributed by atoms with Crippen LogP contribution in [0.5, 0.6) is 0 Å². The zero-order valence-corrected chi connectivity index (χ0v) is 9.91. The number of rotatable bonds is 3. The Hall–Kier alpha value is -1.39. The van der Waals surface area contributed by atoms with E-state index in [1.165, 1.54) is 0 Å². The van der Waals surface area contributed by atoms with Crippen LogP contribution in [0.2, 0.25) is 0 Å². The number of carbonyl (C=O) groups excluding carboxylic acids is 1. The van der Waals surface area contributed by atoms with Gasteiger partial charge in [-0.05, 0) is 43.6 Å². The average Bonchev–Trinajstić information content (AvgIpc) is 2.40. The van der Waals surface area contributed by atoms with Crippen LogP contribution >= 0.6 is 0 Å². The van der Waals surface area contributed by atoms with E-state index in [0.717, 1.165) is 31.5 Å². The van der Waals surface area contributed by atoms with Gasteiger partial charge in [0.25, 0.3) is 5.91 Å². The molecule has 92 valence electrons. The van der Waals surface area contributed by atoms with Crippen molar-refractivity contribution < 1.29 is 4.79 Å². The van der Waals surface area contributed by atoms with Crippen LogP contribution in [0.1, 0.15) is 28.8 Å². The third-order valence-corrected chi connectivity index (χ3v) is 3.10. The first kappa shape index (κ1) is 12.1. The molecule has 4 heteroatoms. The van der Waals surface area contributed by atoms with Crippen molar-refractivity contribution in [2.75, 3.05) is 13.1 Å². The highest BCUT2D eigenvalue weighted by Gasteiger charge is 2.16. The SMILES string of the molecule is NCc1cccc(C(=O)NC2CCNCC2)c1. The molecule has 0 atom stereocenters. The van der Waals surface area contributed by atoms with Crippen LogP contribution in [0.4, 0.5) is 0 Å². The van der Waals surface area contributed by atoms with Gasteiger partial charge in [-0.3, -0.25) is 4.79 Å². The number of nitrogens with one attached hydrogen (secondary N) is 2. The van der Waals surface area contributed by atoms with Gasteiger partial charge in [-0.1, -0.05) is 12.1 Å². The predicted molar refractivity (Wildman–Crippen MR) is 67.7 cm³/mol. The first-order chi connectivity index (χ1) is 8.29. The topological polar surface area (TPSA) is 67.2 Å². The third kappa shape index (κ3) is 3.28. The Morgan fingerprint density at radius 1 is 1.41 bits per heavy atom. The standard InChI is InChI=1S/C13H19N3O/c14-9-10-2-1-3-11(8-10)13(17)16-12-4-6-15-7-5-12/h1-3,8,12,15H,4-7,9,14H2,(H,16,17). The van der Waals surface area contributed by atoms with E-state index in [9.17, 15) is 4.79 Å². The van der Waals surface area contributed by atoms with E-state index in [-0.39, 0.29) is 5.91 Å². The summed E-state index contributed by atoms with van der Waals surface area (Å²) >= 11 is 0. The molecule has 1 aliphatic rings. The molecule has 0 saturated carbocycles. The summed E-state index contributed by atoms with van der Waals surface area (Å²) in [5, 5.41) is 6.34. The molecule has 0 radical (unpaired) electrons. The molecular formula is C13H19N3O. The van der Waals surface area contributed by atoms with Crippen LogP contribution in [-0.4, -0.2) is 25.0 Å². The fraction of sp³-hybridized carbons (Fsp3) is 0.462. The molecule has 1 heterocycles. The highest BCUT2D eigenvalue weighted by atomic mass is 16.1. The maximum atomic E-state index is 12.0. The molecular weight excluding hydrogens is 214 g/mol. The summed E-state index contributed by atoms with van der Waals surface area (Å²) in [6.07, 6.45) is 2.00. The molecule has 2 rings (SSSR count). The van der Waals surface area contributed by atoms with Crippen molar-refractivity contribution in [2.45, 2.75) is 25.4 Å². The lowest BCUT2D eigenvalue weighted by atomic mass is 10.1. The minimum atomic E-state index is 0.00667. The smallest absolute Gasteiger partial charge is 0.251 e. The van der Waals surface area contributed by atoms with Gasteiger partial charge >= 0.3 is 0 Å². The van der Waals surface area contributed by atoms with Gasteiger partial charge in [0.15, 0.2) is 0 Å². The van der Waals surface area contributed by atoms with Gasteiger partial charge in [0.2, 0.25) is 0 Å². The quantitative estimate of drug-likeness (QED) is 0.717. The van der Waals surface area contributed by atoms with Crippen LogP contribution < -0.4 is 16.4 Å². The number of carbonyl (C=O) groups is 1. The molecule has 0 aromatic heterocycles. The van der Waals surface area contributed by atoms with Crippen LogP contribution in [-0.2, 0) is 6.54 Å². The number of hydrogen-bond donors (Lipinski definition) is 3. The normalized spacial score (nSPS) is 16.8. The van der Waals surface area contributed by atoms with Gasteiger partial charge in [0.1, 0.15) is 0 Å². The number of benzene rings is 1. The summed E-state index contributed by atoms with van der Waals surface area (Å²) in [4.78, 5) is 12.0. The Morgan fingerprint density at radius 2 is 2.18 bits per heavy atom. The molecule has 0 spiro atoms. The summed E-state index contributed by atoms with van der Waals surface area (Å²) in [7, 11) is 0. The van der Waals surface area contributed by atoms with Crippen molar-refractivity contribution in [3.63, 3.8) is 0 Å². The zero-order chi connectivity index (χ0) is 12.1. The molecule has 1 saturated heterocycles. The lowest BCUT2D eigenvalue weighted by molar-refractivity contribution is 0.0929. The number of piperidine rings is 1. The number of amides is 1. The minimum absolute atomic E-state index is 0.00667. The molecule has 1 aliphatic heterocycles. The van der Waals surface area contributed by atoms with E-state index >= 15 is 0 Å². The van der Waals surface area contributed by atoms with Gasteiger partial charge in [0.05, 0.1) is 0 Å². The maximum absolute atomic E-state index is 12.0. The predicted octanol–water partition coefficient (Wildman–Crippen LogP) is 0.627. The first-order valence-corrected chi connectivity index (χ1v) is 6.10. The fourth-order valence-electron chi connectivity index (χ4n) is 2.07. The lowest BCUT2D eigenvalue weighted by Crippen LogP contribution is -2.42. The second-order valence-corrected chi connectivity index (χ2v) is 4.40. The number of nitrogens with two attached hydrogens (primary N) is 1. The van der Waals surface area contributed by atoms with Gasteiger partial charge < -0.3 is 16.4 Å². The molecule has 1 aromatic carbocycles. The van der Waals surface area contributed by atoms with Gasteiger partial charge in [-0.15, -0.1) is 0 Å². The highest BCUT2D eigenvalue weighted by molar-refractivity contribution is 5.94. The second kappa shape index (κ2) is 5.80. The van der Waals surface area contributed by atoms with Crippen LogP contribution in [0.15, 0.2) is 24.3 Å². The Labute approximate surface area is 102 Å². The summed E-state index contributed by atoms with van der Waals surface area (Å²) in [5.41, 5.74) is 7.25. The molecule has 0 aliphatic carbocycles. The summed E-state index contributed by atoms with van der Waals surface area (Å²) < 4.78 is 0. The van der Waals surface area contributed by atoms with Crippen molar-refractivity contribution >= 4 is 5.91 Å². The van der Waals surface area contributed by atoms with Crippen molar-refractivity contribution in [1.82, 2.24) is 10.6 Å². The van der Waals surface area contributed by atoms with Crippen LogP contribution in [0.25, 0.3) is 0 Å². The van der Waals surface area contributed by atoms with Crippen LogP contribution in [0.3, 0.4) is 0 Å². The van der Waals surface area contributed by atoms with Crippen molar-refractivity contribution in [3.05, 3.63) is 35.4 Å². The molecule has 17 heavy (non-hydrogen) atoms. The largest absolute Gasteiger partial charge is 0.349 e. The summed E-state index contributed by atoms with van der Waals surface area (Å²) in [6.45, 7) is 2.43.